The molecule has 0 unspecified atom stereocenters. The second kappa shape index (κ2) is 5.36. The molecule has 19 heavy (non-hydrogen) atoms. The monoisotopic (exact) mass is 263 g/mol. The predicted molar refractivity (Wildman–Crippen MR) is 70.3 cm³/mol. The maximum atomic E-state index is 11.7. The number of benzene rings is 1. The first-order valence-corrected chi connectivity index (χ1v) is 6.28. The van der Waals surface area contributed by atoms with E-state index in [1.54, 1.807) is 18.2 Å². The molecule has 2 rings (SSSR count). The SMILES string of the molecule is NC1(CC(=O)NCc2ccccc2[N+](=O)[O-])CCC1. The van der Waals surface area contributed by atoms with Crippen LogP contribution in [0.1, 0.15) is 31.2 Å². The average Bonchev–Trinajstić information content (AvgIpc) is 2.34. The number of nitrogens with zero attached hydrogens (tertiary/aromatic N) is 1. The lowest BCUT2D eigenvalue weighted by Gasteiger charge is -2.37. The quantitative estimate of drug-likeness (QED) is 0.621. The Hall–Kier alpha value is -1.95. The summed E-state index contributed by atoms with van der Waals surface area (Å²) in [5, 5.41) is 13.5. The van der Waals surface area contributed by atoms with E-state index < -0.39 is 4.92 Å². The van der Waals surface area contributed by atoms with Gasteiger partial charge in [0.2, 0.25) is 5.91 Å². The van der Waals surface area contributed by atoms with Crippen molar-refractivity contribution < 1.29 is 9.72 Å². The van der Waals surface area contributed by atoms with Crippen LogP contribution in [-0.4, -0.2) is 16.4 Å². The van der Waals surface area contributed by atoms with Gasteiger partial charge in [0.25, 0.3) is 5.69 Å². The lowest BCUT2D eigenvalue weighted by Crippen LogP contribution is -2.49. The second-order valence-electron chi connectivity index (χ2n) is 5.06. The van der Waals surface area contributed by atoms with E-state index in [9.17, 15) is 14.9 Å². The van der Waals surface area contributed by atoms with Crippen LogP contribution in [0, 0.1) is 10.1 Å². The normalized spacial score (nSPS) is 16.5. The zero-order valence-corrected chi connectivity index (χ0v) is 10.6. The smallest absolute Gasteiger partial charge is 0.274 e. The lowest BCUT2D eigenvalue weighted by molar-refractivity contribution is -0.385. The lowest BCUT2D eigenvalue weighted by atomic mass is 9.75. The molecule has 0 radical (unpaired) electrons. The Bertz CT molecular complexity index is 498. The maximum Gasteiger partial charge on any atom is 0.274 e. The van der Waals surface area contributed by atoms with E-state index in [0.29, 0.717) is 5.56 Å². The molecule has 1 aromatic carbocycles. The van der Waals surface area contributed by atoms with E-state index in [-0.39, 0.29) is 30.1 Å². The summed E-state index contributed by atoms with van der Waals surface area (Å²) in [7, 11) is 0. The molecular formula is C13H17N3O3. The van der Waals surface area contributed by atoms with Crippen LogP contribution in [-0.2, 0) is 11.3 Å². The van der Waals surface area contributed by atoms with Crippen molar-refractivity contribution in [1.29, 1.82) is 0 Å². The van der Waals surface area contributed by atoms with E-state index in [2.05, 4.69) is 5.32 Å². The van der Waals surface area contributed by atoms with Gasteiger partial charge in [0.1, 0.15) is 0 Å². The number of amides is 1. The Labute approximate surface area is 111 Å². The van der Waals surface area contributed by atoms with Gasteiger partial charge >= 0.3 is 0 Å². The molecule has 0 bridgehead atoms. The minimum atomic E-state index is -0.447. The van der Waals surface area contributed by atoms with Gasteiger partial charge in [-0.2, -0.15) is 0 Å². The van der Waals surface area contributed by atoms with Gasteiger partial charge in [-0.3, -0.25) is 14.9 Å². The van der Waals surface area contributed by atoms with Crippen molar-refractivity contribution in [1.82, 2.24) is 5.32 Å². The first-order chi connectivity index (χ1) is 9.00. The van der Waals surface area contributed by atoms with E-state index >= 15 is 0 Å². The number of carbonyl (C=O) groups excluding carboxylic acids is 1. The summed E-state index contributed by atoms with van der Waals surface area (Å²) in [5.74, 6) is -0.152. The van der Waals surface area contributed by atoms with Gasteiger partial charge < -0.3 is 11.1 Å². The summed E-state index contributed by atoms with van der Waals surface area (Å²) in [6.45, 7) is 0.159. The number of nitrogens with one attached hydrogen (secondary N) is 1. The molecule has 1 aliphatic carbocycles. The molecule has 0 spiro atoms. The number of hydrogen-bond acceptors (Lipinski definition) is 4. The van der Waals surface area contributed by atoms with Gasteiger partial charge in [-0.25, -0.2) is 0 Å². The zero-order chi connectivity index (χ0) is 13.9. The van der Waals surface area contributed by atoms with Crippen LogP contribution < -0.4 is 11.1 Å². The molecule has 0 saturated heterocycles. The van der Waals surface area contributed by atoms with Crippen molar-refractivity contribution in [2.45, 2.75) is 37.8 Å². The molecule has 102 valence electrons. The van der Waals surface area contributed by atoms with Crippen LogP contribution in [0.4, 0.5) is 5.69 Å². The van der Waals surface area contributed by atoms with Crippen molar-refractivity contribution in [3.8, 4) is 0 Å². The van der Waals surface area contributed by atoms with Crippen LogP contribution in [0.2, 0.25) is 0 Å². The molecule has 0 atom stereocenters. The van der Waals surface area contributed by atoms with Crippen molar-refractivity contribution in [2.75, 3.05) is 0 Å². The van der Waals surface area contributed by atoms with E-state index in [0.717, 1.165) is 19.3 Å². The molecule has 6 nitrogen and oxygen atoms in total. The first kappa shape index (κ1) is 13.5. The molecule has 1 saturated carbocycles. The maximum absolute atomic E-state index is 11.7. The number of nitrogens with two attached hydrogens (primary N) is 1. The summed E-state index contributed by atoms with van der Waals surface area (Å²) in [5.41, 5.74) is 6.14. The molecule has 1 aliphatic rings. The third-order valence-corrected chi connectivity index (χ3v) is 3.53. The van der Waals surface area contributed by atoms with E-state index in [4.69, 9.17) is 5.73 Å². The summed E-state index contributed by atoms with van der Waals surface area (Å²) in [4.78, 5) is 22.1. The van der Waals surface area contributed by atoms with Crippen molar-refractivity contribution >= 4 is 11.6 Å². The van der Waals surface area contributed by atoms with Crippen LogP contribution in [0.15, 0.2) is 24.3 Å². The minimum Gasteiger partial charge on any atom is -0.352 e. The molecule has 6 heteroatoms. The summed E-state index contributed by atoms with van der Waals surface area (Å²) in [6.07, 6.45) is 3.08. The first-order valence-electron chi connectivity index (χ1n) is 6.28. The summed E-state index contributed by atoms with van der Waals surface area (Å²) < 4.78 is 0. The molecule has 1 aromatic rings. The Morgan fingerprint density at radius 2 is 2.11 bits per heavy atom. The van der Waals surface area contributed by atoms with Crippen molar-refractivity contribution in [3.05, 3.63) is 39.9 Å². The number of nitro groups is 1. The number of nitro benzene ring substituents is 1. The van der Waals surface area contributed by atoms with Gasteiger partial charge in [0.15, 0.2) is 0 Å². The van der Waals surface area contributed by atoms with E-state index in [1.807, 2.05) is 0 Å². The minimum absolute atomic E-state index is 0.0221. The number of rotatable bonds is 5. The highest BCUT2D eigenvalue weighted by atomic mass is 16.6. The molecule has 1 fully saturated rings. The Kier molecular flexibility index (Phi) is 3.80. The highest BCUT2D eigenvalue weighted by molar-refractivity contribution is 5.77. The van der Waals surface area contributed by atoms with Crippen LogP contribution >= 0.6 is 0 Å². The highest BCUT2D eigenvalue weighted by Gasteiger charge is 2.34. The van der Waals surface area contributed by atoms with Crippen LogP contribution in [0.3, 0.4) is 0 Å². The third-order valence-electron chi connectivity index (χ3n) is 3.53. The Morgan fingerprint density at radius 1 is 1.42 bits per heavy atom. The van der Waals surface area contributed by atoms with Gasteiger partial charge in [0, 0.05) is 30.1 Å². The Morgan fingerprint density at radius 3 is 2.68 bits per heavy atom. The molecule has 3 N–H and O–H groups in total. The second-order valence-corrected chi connectivity index (χ2v) is 5.06. The third kappa shape index (κ3) is 3.29. The molecule has 0 aromatic heterocycles. The van der Waals surface area contributed by atoms with Gasteiger partial charge in [0.05, 0.1) is 4.92 Å². The largest absolute Gasteiger partial charge is 0.352 e. The number of para-hydroxylation sites is 1. The average molecular weight is 263 g/mol. The van der Waals surface area contributed by atoms with Crippen molar-refractivity contribution in [2.24, 2.45) is 5.73 Å². The van der Waals surface area contributed by atoms with Crippen LogP contribution in [0.5, 0.6) is 0 Å². The Balaban J connectivity index is 1.91. The summed E-state index contributed by atoms with van der Waals surface area (Å²) in [6, 6.07) is 6.38. The summed E-state index contributed by atoms with van der Waals surface area (Å²) >= 11 is 0. The zero-order valence-electron chi connectivity index (χ0n) is 10.6. The highest BCUT2D eigenvalue weighted by Crippen LogP contribution is 2.31. The molecular weight excluding hydrogens is 246 g/mol. The topological polar surface area (TPSA) is 98.3 Å². The van der Waals surface area contributed by atoms with Gasteiger partial charge in [-0.05, 0) is 19.3 Å². The molecule has 0 heterocycles. The molecule has 1 amide bonds. The molecule has 0 aliphatic heterocycles. The fourth-order valence-electron chi connectivity index (χ4n) is 2.22. The number of hydrogen-bond donors (Lipinski definition) is 2. The number of carbonyl (C=O) groups is 1. The predicted octanol–water partition coefficient (Wildman–Crippen LogP) is 1.48. The van der Waals surface area contributed by atoms with Crippen molar-refractivity contribution in [3.63, 3.8) is 0 Å². The van der Waals surface area contributed by atoms with E-state index in [1.165, 1.54) is 6.07 Å². The standard InChI is InChI=1S/C13H17N3O3/c14-13(6-3-7-13)8-12(17)15-9-10-4-1-2-5-11(10)16(18)19/h1-2,4-5H,3,6-9,14H2,(H,15,17). The van der Waals surface area contributed by atoms with Crippen LogP contribution in [0.25, 0.3) is 0 Å². The van der Waals surface area contributed by atoms with Gasteiger partial charge in [-0.15, -0.1) is 0 Å². The van der Waals surface area contributed by atoms with Gasteiger partial charge in [-0.1, -0.05) is 18.2 Å². The fourth-order valence-corrected chi connectivity index (χ4v) is 2.22. The fraction of sp³-hybridized carbons (Fsp3) is 0.462.